The van der Waals surface area contributed by atoms with Crippen molar-refractivity contribution in [3.05, 3.63) is 24.0 Å². The van der Waals surface area contributed by atoms with E-state index in [1.165, 1.54) is 16.6 Å². The Hall–Kier alpha value is -1.60. The fraction of sp³-hybridized carbons (Fsp3) is 0.632. The average Bonchev–Trinajstić information content (AvgIpc) is 3.06. The fourth-order valence-corrected chi connectivity index (χ4v) is 6.57. The summed E-state index contributed by atoms with van der Waals surface area (Å²) in [6, 6.07) is 2.58. The predicted octanol–water partition coefficient (Wildman–Crippen LogP) is 2.56. The largest absolute Gasteiger partial charge is 0.367 e. The monoisotopic (exact) mass is 374 g/mol. The molecule has 2 aromatic heterocycles. The molecule has 2 N–H and O–H groups in total. The number of nitrogens with one attached hydrogen (secondary N) is 2. The number of aromatic amines is 1. The summed E-state index contributed by atoms with van der Waals surface area (Å²) < 4.78 is 27.8. The van der Waals surface area contributed by atoms with Gasteiger partial charge in [-0.3, -0.25) is 0 Å². The summed E-state index contributed by atoms with van der Waals surface area (Å²) in [4.78, 5) is 10.3. The third-order valence-corrected chi connectivity index (χ3v) is 8.43. The molecule has 0 aromatic carbocycles. The number of hydrogen-bond donors (Lipinski definition) is 2. The standard InChI is InChI=1S/C19H26N4O2S/c1-2-12-9-14(22-26(24,25)15-3-4-15)10-17(12)23-8-6-13-11-21-19-16(18(13)23)5-7-20-19/h5,7,11-12,14-15,17,22H,2-4,6,8-10H2,1H3,(H,20,21)/t12-,14?,17+/m1/s1. The molecule has 0 radical (unpaired) electrons. The number of rotatable bonds is 5. The molecule has 26 heavy (non-hydrogen) atoms. The molecular formula is C19H26N4O2S. The second kappa shape index (κ2) is 5.96. The first-order valence-electron chi connectivity index (χ1n) is 9.79. The van der Waals surface area contributed by atoms with Crippen LogP contribution in [0.5, 0.6) is 0 Å². The van der Waals surface area contributed by atoms with Crippen LogP contribution in [0.3, 0.4) is 0 Å². The summed E-state index contributed by atoms with van der Waals surface area (Å²) in [6.07, 6.45) is 9.54. The zero-order chi connectivity index (χ0) is 17.9. The van der Waals surface area contributed by atoms with E-state index in [4.69, 9.17) is 0 Å². The maximum Gasteiger partial charge on any atom is 0.214 e. The van der Waals surface area contributed by atoms with Gasteiger partial charge in [-0.2, -0.15) is 0 Å². The van der Waals surface area contributed by atoms with Crippen LogP contribution < -0.4 is 9.62 Å². The van der Waals surface area contributed by atoms with Crippen molar-refractivity contribution in [3.8, 4) is 0 Å². The molecule has 140 valence electrons. The number of nitrogens with zero attached hydrogens (tertiary/aromatic N) is 2. The van der Waals surface area contributed by atoms with Gasteiger partial charge in [-0.25, -0.2) is 18.1 Å². The van der Waals surface area contributed by atoms with Crippen LogP contribution >= 0.6 is 0 Å². The topological polar surface area (TPSA) is 78.1 Å². The lowest BCUT2D eigenvalue weighted by Gasteiger charge is -2.32. The van der Waals surface area contributed by atoms with Gasteiger partial charge in [0.2, 0.25) is 10.0 Å². The lowest BCUT2D eigenvalue weighted by atomic mass is 9.99. The average molecular weight is 375 g/mol. The van der Waals surface area contributed by atoms with Crippen LogP contribution in [0.4, 0.5) is 5.69 Å². The fourth-order valence-electron chi connectivity index (χ4n) is 4.97. The summed E-state index contributed by atoms with van der Waals surface area (Å²) in [7, 11) is -3.12. The van der Waals surface area contributed by atoms with Crippen LogP contribution in [0, 0.1) is 5.92 Å². The molecular weight excluding hydrogens is 348 g/mol. The molecule has 0 bridgehead atoms. The highest BCUT2D eigenvalue weighted by Gasteiger charge is 2.43. The Kier molecular flexibility index (Phi) is 3.79. The number of aromatic nitrogens is 2. The van der Waals surface area contributed by atoms with Crippen molar-refractivity contribution in [2.45, 2.75) is 62.8 Å². The summed E-state index contributed by atoms with van der Waals surface area (Å²) in [5.74, 6) is 0.523. The van der Waals surface area contributed by atoms with Crippen molar-refractivity contribution in [3.63, 3.8) is 0 Å². The molecule has 2 fully saturated rings. The van der Waals surface area contributed by atoms with Crippen molar-refractivity contribution in [1.29, 1.82) is 0 Å². The molecule has 1 aliphatic heterocycles. The van der Waals surface area contributed by atoms with E-state index in [0.29, 0.717) is 12.0 Å². The molecule has 3 aliphatic rings. The van der Waals surface area contributed by atoms with E-state index in [1.807, 2.05) is 12.4 Å². The zero-order valence-electron chi connectivity index (χ0n) is 15.1. The van der Waals surface area contributed by atoms with Gasteiger partial charge in [-0.15, -0.1) is 0 Å². The van der Waals surface area contributed by atoms with E-state index in [-0.39, 0.29) is 11.3 Å². The predicted molar refractivity (Wildman–Crippen MR) is 103 cm³/mol. The maximum atomic E-state index is 12.4. The number of anilines is 1. The molecule has 0 saturated heterocycles. The third kappa shape index (κ3) is 2.63. The normalized spacial score (nSPS) is 28.8. The van der Waals surface area contributed by atoms with Crippen LogP contribution in [-0.2, 0) is 16.4 Å². The zero-order valence-corrected chi connectivity index (χ0v) is 15.9. The van der Waals surface area contributed by atoms with Crippen molar-refractivity contribution < 1.29 is 8.42 Å². The maximum absolute atomic E-state index is 12.4. The highest BCUT2D eigenvalue weighted by Crippen LogP contribution is 2.42. The lowest BCUT2D eigenvalue weighted by Crippen LogP contribution is -2.39. The van der Waals surface area contributed by atoms with Crippen molar-refractivity contribution in [2.24, 2.45) is 5.92 Å². The minimum Gasteiger partial charge on any atom is -0.367 e. The summed E-state index contributed by atoms with van der Waals surface area (Å²) in [5, 5.41) is 1.05. The first-order valence-corrected chi connectivity index (χ1v) is 11.3. The van der Waals surface area contributed by atoms with Crippen LogP contribution in [-0.4, -0.2) is 42.3 Å². The molecule has 2 aliphatic carbocycles. The van der Waals surface area contributed by atoms with Crippen molar-refractivity contribution in [1.82, 2.24) is 14.7 Å². The number of fused-ring (bicyclic) bond motifs is 3. The van der Waals surface area contributed by atoms with Gasteiger partial charge >= 0.3 is 0 Å². The van der Waals surface area contributed by atoms with Gasteiger partial charge in [-0.1, -0.05) is 13.3 Å². The van der Waals surface area contributed by atoms with Crippen LogP contribution in [0.25, 0.3) is 11.0 Å². The highest BCUT2D eigenvalue weighted by atomic mass is 32.2. The third-order valence-electron chi connectivity index (χ3n) is 6.42. The summed E-state index contributed by atoms with van der Waals surface area (Å²) >= 11 is 0. The molecule has 2 aromatic rings. The van der Waals surface area contributed by atoms with Crippen molar-refractivity contribution in [2.75, 3.05) is 11.4 Å². The lowest BCUT2D eigenvalue weighted by molar-refractivity contribution is 0.441. The van der Waals surface area contributed by atoms with Crippen molar-refractivity contribution >= 4 is 26.7 Å². The molecule has 3 atom stereocenters. The summed E-state index contributed by atoms with van der Waals surface area (Å²) in [5.41, 5.74) is 3.56. The van der Waals surface area contributed by atoms with Crippen LogP contribution in [0.2, 0.25) is 0 Å². The minimum absolute atomic E-state index is 0.0724. The van der Waals surface area contributed by atoms with E-state index < -0.39 is 10.0 Å². The number of H-pyrrole nitrogens is 1. The molecule has 7 heteroatoms. The molecule has 1 unspecified atom stereocenters. The Morgan fingerprint density at radius 3 is 2.96 bits per heavy atom. The first kappa shape index (κ1) is 16.6. The van der Waals surface area contributed by atoms with E-state index in [9.17, 15) is 8.42 Å². The van der Waals surface area contributed by atoms with Gasteiger partial charge in [0.15, 0.2) is 0 Å². The molecule has 6 nitrogen and oxygen atoms in total. The quantitative estimate of drug-likeness (QED) is 0.843. The van der Waals surface area contributed by atoms with E-state index in [0.717, 1.165) is 50.7 Å². The SMILES string of the molecule is CC[C@@H]1CC(NS(=O)(=O)C2CC2)C[C@@H]1N1CCc2cnc3[nH]ccc3c21. The Bertz CT molecular complexity index is 934. The minimum atomic E-state index is -3.12. The number of hydrogen-bond acceptors (Lipinski definition) is 4. The van der Waals surface area contributed by atoms with E-state index in [2.05, 4.69) is 32.6 Å². The van der Waals surface area contributed by atoms with Gasteiger partial charge in [0.1, 0.15) is 5.65 Å². The molecule has 5 rings (SSSR count). The van der Waals surface area contributed by atoms with Crippen LogP contribution in [0.1, 0.15) is 44.6 Å². The summed E-state index contributed by atoms with van der Waals surface area (Å²) in [6.45, 7) is 3.23. The number of pyridine rings is 1. The molecule has 2 saturated carbocycles. The van der Waals surface area contributed by atoms with E-state index >= 15 is 0 Å². The van der Waals surface area contributed by atoms with E-state index in [1.54, 1.807) is 0 Å². The van der Waals surface area contributed by atoms with Gasteiger partial charge in [0, 0.05) is 36.4 Å². The van der Waals surface area contributed by atoms with Gasteiger partial charge in [-0.05, 0) is 49.7 Å². The highest BCUT2D eigenvalue weighted by molar-refractivity contribution is 7.90. The molecule has 3 heterocycles. The van der Waals surface area contributed by atoms with Gasteiger partial charge < -0.3 is 9.88 Å². The second-order valence-electron chi connectivity index (χ2n) is 8.08. The Balaban J connectivity index is 1.43. The smallest absolute Gasteiger partial charge is 0.214 e. The van der Waals surface area contributed by atoms with Gasteiger partial charge in [0.05, 0.1) is 10.9 Å². The Labute approximate surface area is 154 Å². The van der Waals surface area contributed by atoms with Crippen LogP contribution in [0.15, 0.2) is 18.5 Å². The van der Waals surface area contributed by atoms with Gasteiger partial charge in [0.25, 0.3) is 0 Å². The Morgan fingerprint density at radius 2 is 2.19 bits per heavy atom. The molecule has 0 amide bonds. The Morgan fingerprint density at radius 1 is 1.35 bits per heavy atom. The first-order chi connectivity index (χ1) is 12.6. The molecule has 0 spiro atoms. The number of sulfonamides is 1. The second-order valence-corrected chi connectivity index (χ2v) is 10.1.